The van der Waals surface area contributed by atoms with Gasteiger partial charge in [-0.1, -0.05) is 6.07 Å². The van der Waals surface area contributed by atoms with Crippen molar-refractivity contribution in [1.82, 2.24) is 19.7 Å². The van der Waals surface area contributed by atoms with Crippen LogP contribution in [0.5, 0.6) is 0 Å². The van der Waals surface area contributed by atoms with Crippen molar-refractivity contribution >= 4 is 22.7 Å². The van der Waals surface area contributed by atoms with E-state index in [-0.39, 0.29) is 24.6 Å². The molecule has 2 heterocycles. The van der Waals surface area contributed by atoms with Crippen molar-refractivity contribution in [1.29, 1.82) is 0 Å². The molecular weight excluding hydrogens is 312 g/mol. The highest BCUT2D eigenvalue weighted by molar-refractivity contribution is 6.06. The van der Waals surface area contributed by atoms with Gasteiger partial charge in [0.15, 0.2) is 11.6 Å². The summed E-state index contributed by atoms with van der Waals surface area (Å²) >= 11 is 0. The van der Waals surface area contributed by atoms with Gasteiger partial charge in [0.05, 0.1) is 5.52 Å². The number of hydrogen-bond donors (Lipinski definition) is 2. The molecule has 24 heavy (non-hydrogen) atoms. The number of ketones is 1. The molecule has 0 unspecified atom stereocenters. The molecule has 2 aromatic heterocycles. The van der Waals surface area contributed by atoms with Crippen LogP contribution in [0.1, 0.15) is 23.2 Å². The minimum absolute atomic E-state index is 0.223. The maximum Gasteiger partial charge on any atom is 0.325 e. The van der Waals surface area contributed by atoms with Gasteiger partial charge in [0.1, 0.15) is 18.8 Å². The van der Waals surface area contributed by atoms with E-state index in [2.05, 4.69) is 15.1 Å². The molecule has 3 rings (SSSR count). The SMILES string of the molecule is CC(=O)c1nn(CC(=O)O)c2ccc(-c3cnc(CO)nc3)cc12. The van der Waals surface area contributed by atoms with Gasteiger partial charge < -0.3 is 10.2 Å². The number of aromatic nitrogens is 4. The molecule has 0 radical (unpaired) electrons. The lowest BCUT2D eigenvalue weighted by Gasteiger charge is -2.03. The van der Waals surface area contributed by atoms with Gasteiger partial charge >= 0.3 is 5.97 Å². The number of hydrogen-bond acceptors (Lipinski definition) is 6. The van der Waals surface area contributed by atoms with Gasteiger partial charge in [-0.2, -0.15) is 5.10 Å². The molecule has 0 amide bonds. The van der Waals surface area contributed by atoms with Crippen molar-refractivity contribution in [3.8, 4) is 11.1 Å². The molecule has 0 spiro atoms. The number of aliphatic hydroxyl groups is 1. The highest BCUT2D eigenvalue weighted by atomic mass is 16.4. The van der Waals surface area contributed by atoms with E-state index in [1.54, 1.807) is 30.6 Å². The minimum Gasteiger partial charge on any atom is -0.480 e. The smallest absolute Gasteiger partial charge is 0.325 e. The molecule has 0 aliphatic rings. The van der Waals surface area contributed by atoms with Crippen molar-refractivity contribution in [3.63, 3.8) is 0 Å². The van der Waals surface area contributed by atoms with Crippen molar-refractivity contribution < 1.29 is 19.8 Å². The molecular formula is C16H14N4O4. The third kappa shape index (κ3) is 2.86. The van der Waals surface area contributed by atoms with E-state index in [1.807, 2.05) is 0 Å². The van der Waals surface area contributed by atoms with Crippen molar-refractivity contribution in [3.05, 3.63) is 42.1 Å². The Morgan fingerprint density at radius 1 is 1.17 bits per heavy atom. The summed E-state index contributed by atoms with van der Waals surface area (Å²) in [4.78, 5) is 30.8. The van der Waals surface area contributed by atoms with Gasteiger partial charge in [0.2, 0.25) is 0 Å². The predicted octanol–water partition coefficient (Wildman–Crippen LogP) is 1.27. The maximum absolute atomic E-state index is 11.8. The van der Waals surface area contributed by atoms with Crippen molar-refractivity contribution in [2.45, 2.75) is 20.1 Å². The zero-order valence-electron chi connectivity index (χ0n) is 12.8. The number of benzene rings is 1. The number of Topliss-reactive ketones (excluding diaryl/α,β-unsaturated/α-hetero) is 1. The highest BCUT2D eigenvalue weighted by Gasteiger charge is 2.16. The Balaban J connectivity index is 2.13. The molecule has 0 saturated carbocycles. The number of aliphatic hydroxyl groups excluding tert-OH is 1. The fraction of sp³-hybridized carbons (Fsp3) is 0.188. The summed E-state index contributed by atoms with van der Waals surface area (Å²) < 4.78 is 1.30. The first-order valence-electron chi connectivity index (χ1n) is 7.15. The topological polar surface area (TPSA) is 118 Å². The second-order valence-corrected chi connectivity index (χ2v) is 5.23. The quantitative estimate of drug-likeness (QED) is 0.678. The van der Waals surface area contributed by atoms with Gasteiger partial charge in [-0.15, -0.1) is 0 Å². The van der Waals surface area contributed by atoms with Crippen LogP contribution in [0.15, 0.2) is 30.6 Å². The molecule has 3 aromatic rings. The van der Waals surface area contributed by atoms with Crippen LogP contribution in [-0.4, -0.2) is 41.7 Å². The van der Waals surface area contributed by atoms with Crippen LogP contribution < -0.4 is 0 Å². The molecule has 2 N–H and O–H groups in total. The van der Waals surface area contributed by atoms with Crippen LogP contribution in [0.3, 0.4) is 0 Å². The standard InChI is InChI=1S/C16H14N4O4/c1-9(22)16-12-4-10(11-5-17-14(8-21)18-6-11)2-3-13(12)20(19-16)7-15(23)24/h2-6,21H,7-8H2,1H3,(H,23,24). The fourth-order valence-electron chi connectivity index (χ4n) is 2.45. The molecule has 8 nitrogen and oxygen atoms in total. The molecule has 1 aromatic carbocycles. The van der Waals surface area contributed by atoms with Gasteiger partial charge in [-0.3, -0.25) is 14.3 Å². The van der Waals surface area contributed by atoms with Crippen molar-refractivity contribution in [2.75, 3.05) is 0 Å². The molecule has 122 valence electrons. The van der Waals surface area contributed by atoms with Crippen LogP contribution in [0, 0.1) is 0 Å². The molecule has 0 saturated heterocycles. The van der Waals surface area contributed by atoms with Gasteiger partial charge in [0, 0.05) is 30.3 Å². The summed E-state index contributed by atoms with van der Waals surface area (Å²) in [7, 11) is 0. The van der Waals surface area contributed by atoms with Crippen LogP contribution >= 0.6 is 0 Å². The number of nitrogens with zero attached hydrogens (tertiary/aromatic N) is 4. The number of rotatable bonds is 5. The molecule has 8 heteroatoms. The van der Waals surface area contributed by atoms with E-state index in [9.17, 15) is 9.59 Å². The fourth-order valence-corrected chi connectivity index (χ4v) is 2.45. The molecule has 0 aliphatic carbocycles. The zero-order valence-corrected chi connectivity index (χ0v) is 12.8. The largest absolute Gasteiger partial charge is 0.480 e. The Hall–Kier alpha value is -3.13. The van der Waals surface area contributed by atoms with E-state index in [4.69, 9.17) is 10.2 Å². The van der Waals surface area contributed by atoms with Gasteiger partial charge in [0.25, 0.3) is 0 Å². The van der Waals surface area contributed by atoms with Crippen LogP contribution in [0.25, 0.3) is 22.0 Å². The molecule has 0 bridgehead atoms. The molecule has 0 fully saturated rings. The predicted molar refractivity (Wildman–Crippen MR) is 84.3 cm³/mol. The maximum atomic E-state index is 11.8. The number of carboxylic acids is 1. The van der Waals surface area contributed by atoms with E-state index in [0.717, 1.165) is 11.1 Å². The first-order valence-corrected chi connectivity index (χ1v) is 7.15. The second-order valence-electron chi connectivity index (χ2n) is 5.23. The Morgan fingerprint density at radius 3 is 2.46 bits per heavy atom. The summed E-state index contributed by atoms with van der Waals surface area (Å²) in [6.45, 7) is 0.825. The lowest BCUT2D eigenvalue weighted by molar-refractivity contribution is -0.137. The Bertz CT molecular complexity index is 931. The zero-order chi connectivity index (χ0) is 17.3. The Labute approximate surface area is 136 Å². The summed E-state index contributed by atoms with van der Waals surface area (Å²) in [5.74, 6) is -0.960. The Morgan fingerprint density at radius 2 is 1.88 bits per heavy atom. The Kier molecular flexibility index (Phi) is 4.05. The lowest BCUT2D eigenvalue weighted by Crippen LogP contribution is -2.10. The van der Waals surface area contributed by atoms with Crippen molar-refractivity contribution in [2.24, 2.45) is 0 Å². The summed E-state index contributed by atoms with van der Waals surface area (Å²) in [6.07, 6.45) is 3.16. The third-order valence-corrected chi connectivity index (χ3v) is 3.55. The van der Waals surface area contributed by atoms with Crippen LogP contribution in [0.2, 0.25) is 0 Å². The minimum atomic E-state index is -1.04. The number of fused-ring (bicyclic) bond motifs is 1. The lowest BCUT2D eigenvalue weighted by atomic mass is 10.0. The first kappa shape index (κ1) is 15.8. The van der Waals surface area contributed by atoms with Crippen LogP contribution in [0.4, 0.5) is 0 Å². The number of carbonyl (C=O) groups is 2. The van der Waals surface area contributed by atoms with Gasteiger partial charge in [-0.25, -0.2) is 9.97 Å². The molecule has 0 aliphatic heterocycles. The third-order valence-electron chi connectivity index (χ3n) is 3.55. The van der Waals surface area contributed by atoms with E-state index >= 15 is 0 Å². The highest BCUT2D eigenvalue weighted by Crippen LogP contribution is 2.26. The van der Waals surface area contributed by atoms with Gasteiger partial charge in [-0.05, 0) is 17.7 Å². The number of carboxylic acid groups (broad SMARTS) is 1. The van der Waals surface area contributed by atoms with E-state index < -0.39 is 5.97 Å². The normalized spacial score (nSPS) is 10.9. The number of aliphatic carboxylic acids is 1. The average Bonchev–Trinajstić information content (AvgIpc) is 2.92. The van der Waals surface area contributed by atoms with Crippen LogP contribution in [-0.2, 0) is 17.9 Å². The average molecular weight is 326 g/mol. The first-order chi connectivity index (χ1) is 11.5. The van der Waals surface area contributed by atoms with E-state index in [1.165, 1.54) is 11.6 Å². The second kappa shape index (κ2) is 6.17. The molecule has 0 atom stereocenters. The summed E-state index contributed by atoms with van der Waals surface area (Å²) in [6, 6.07) is 5.26. The summed E-state index contributed by atoms with van der Waals surface area (Å²) in [5.41, 5.74) is 2.28. The monoisotopic (exact) mass is 326 g/mol. The van der Waals surface area contributed by atoms with E-state index in [0.29, 0.717) is 16.7 Å². The number of carbonyl (C=O) groups excluding carboxylic acids is 1. The summed E-state index contributed by atoms with van der Waals surface area (Å²) in [5, 5.41) is 22.7.